The van der Waals surface area contributed by atoms with Crippen molar-refractivity contribution in [1.82, 2.24) is 15.4 Å². The molecule has 3 N–H and O–H groups in total. The van der Waals surface area contributed by atoms with Crippen molar-refractivity contribution in [3.8, 4) is 5.88 Å². The minimum Gasteiger partial charge on any atom is -0.480 e. The number of ether oxygens (including phenoxy) is 1. The summed E-state index contributed by atoms with van der Waals surface area (Å²) in [5, 5.41) is 0. The molecule has 5 nitrogen and oxygen atoms in total. The summed E-state index contributed by atoms with van der Waals surface area (Å²) in [6.07, 6.45) is 8.22. The number of hydrazine groups is 1. The maximum absolute atomic E-state index is 5.58. The van der Waals surface area contributed by atoms with Crippen molar-refractivity contribution >= 4 is 0 Å². The van der Waals surface area contributed by atoms with Crippen molar-refractivity contribution in [2.45, 2.75) is 31.7 Å². The van der Waals surface area contributed by atoms with Crippen molar-refractivity contribution < 1.29 is 4.74 Å². The largest absolute Gasteiger partial charge is 0.480 e. The Bertz CT molecular complexity index is 341. The summed E-state index contributed by atoms with van der Waals surface area (Å²) in [4.78, 5) is 8.44. The van der Waals surface area contributed by atoms with E-state index < -0.39 is 0 Å². The van der Waals surface area contributed by atoms with Gasteiger partial charge in [-0.1, -0.05) is 19.3 Å². The molecule has 0 spiro atoms. The number of nitrogens with two attached hydrogens (primary N) is 1. The van der Waals surface area contributed by atoms with E-state index in [1.807, 2.05) is 0 Å². The van der Waals surface area contributed by atoms with Gasteiger partial charge in [-0.15, -0.1) is 0 Å². The first-order chi connectivity index (χ1) is 7.85. The molecule has 1 fully saturated rings. The van der Waals surface area contributed by atoms with Crippen LogP contribution in [0.15, 0.2) is 12.4 Å². The van der Waals surface area contributed by atoms with E-state index >= 15 is 0 Å². The van der Waals surface area contributed by atoms with E-state index in [4.69, 9.17) is 10.6 Å². The summed E-state index contributed by atoms with van der Waals surface area (Å²) >= 11 is 0. The number of nitrogens with zero attached hydrogens (tertiary/aromatic N) is 2. The molecule has 1 heterocycles. The Morgan fingerprint density at radius 2 is 2.25 bits per heavy atom. The first kappa shape index (κ1) is 11.3. The van der Waals surface area contributed by atoms with Crippen molar-refractivity contribution in [2.24, 2.45) is 11.8 Å². The van der Waals surface area contributed by atoms with Gasteiger partial charge in [-0.25, -0.2) is 4.98 Å². The zero-order chi connectivity index (χ0) is 11.4. The highest BCUT2D eigenvalue weighted by atomic mass is 16.5. The number of hydrogen-bond donors (Lipinski definition) is 2. The summed E-state index contributed by atoms with van der Waals surface area (Å²) in [7, 11) is 1.60. The summed E-state index contributed by atoms with van der Waals surface area (Å²) in [6.45, 7) is 0. The fraction of sp³-hybridized carbons (Fsp3) is 0.636. The zero-order valence-corrected chi connectivity index (χ0v) is 9.52. The predicted molar refractivity (Wildman–Crippen MR) is 60.6 cm³/mol. The van der Waals surface area contributed by atoms with Gasteiger partial charge in [0.2, 0.25) is 5.88 Å². The minimum atomic E-state index is 0.0361. The van der Waals surface area contributed by atoms with Crippen LogP contribution in [0.2, 0.25) is 0 Å². The van der Waals surface area contributed by atoms with Gasteiger partial charge in [0.15, 0.2) is 0 Å². The van der Waals surface area contributed by atoms with Crippen molar-refractivity contribution in [1.29, 1.82) is 0 Å². The van der Waals surface area contributed by atoms with E-state index in [1.54, 1.807) is 19.5 Å². The van der Waals surface area contributed by atoms with Gasteiger partial charge >= 0.3 is 0 Å². The lowest BCUT2D eigenvalue weighted by molar-refractivity contribution is 0.255. The molecule has 88 valence electrons. The van der Waals surface area contributed by atoms with Crippen LogP contribution in [0.1, 0.15) is 37.4 Å². The molecule has 1 atom stereocenters. The van der Waals surface area contributed by atoms with Gasteiger partial charge in [-0.2, -0.15) is 0 Å². The summed E-state index contributed by atoms with van der Waals surface area (Å²) in [5.41, 5.74) is 3.61. The molecule has 0 radical (unpaired) electrons. The van der Waals surface area contributed by atoms with Crippen molar-refractivity contribution in [2.75, 3.05) is 7.11 Å². The van der Waals surface area contributed by atoms with Crippen LogP contribution in [-0.2, 0) is 0 Å². The minimum absolute atomic E-state index is 0.0361. The maximum Gasteiger partial charge on any atom is 0.237 e. The van der Waals surface area contributed by atoms with Crippen LogP contribution >= 0.6 is 0 Å². The lowest BCUT2D eigenvalue weighted by Gasteiger charge is -2.29. The highest BCUT2D eigenvalue weighted by molar-refractivity contribution is 5.21. The van der Waals surface area contributed by atoms with E-state index in [9.17, 15) is 0 Å². The second-order valence-electron chi connectivity index (χ2n) is 4.20. The Hall–Kier alpha value is -1.20. The van der Waals surface area contributed by atoms with E-state index in [0.29, 0.717) is 5.88 Å². The number of aromatic nitrogens is 2. The van der Waals surface area contributed by atoms with E-state index in [0.717, 1.165) is 18.0 Å². The molecule has 1 aliphatic rings. The van der Waals surface area contributed by atoms with Gasteiger partial charge < -0.3 is 4.74 Å². The number of hydrogen-bond acceptors (Lipinski definition) is 5. The highest BCUT2D eigenvalue weighted by Crippen LogP contribution is 2.35. The van der Waals surface area contributed by atoms with E-state index in [1.165, 1.54) is 19.3 Å². The Labute approximate surface area is 95.4 Å². The Kier molecular flexibility index (Phi) is 3.69. The monoisotopic (exact) mass is 222 g/mol. The van der Waals surface area contributed by atoms with Gasteiger partial charge in [-0.05, 0) is 12.3 Å². The number of nitrogens with one attached hydrogen (secondary N) is 1. The average Bonchev–Trinajstić information content (AvgIpc) is 2.28. The quantitative estimate of drug-likeness (QED) is 0.578. The second-order valence-corrected chi connectivity index (χ2v) is 4.20. The summed E-state index contributed by atoms with van der Waals surface area (Å²) in [6, 6.07) is 0.0361. The van der Waals surface area contributed by atoms with Crippen LogP contribution in [0.25, 0.3) is 0 Å². The molecule has 5 heteroatoms. The average molecular weight is 222 g/mol. The van der Waals surface area contributed by atoms with E-state index in [-0.39, 0.29) is 6.04 Å². The fourth-order valence-corrected chi connectivity index (χ4v) is 2.05. The third kappa shape index (κ3) is 2.31. The number of methoxy groups -OCH3 is 1. The molecular weight excluding hydrogens is 204 g/mol. The standard InChI is InChI=1S/C11H18N4O/c1-16-11-10(13-5-6-14-11)9(15-12)7-8-3-2-4-8/h5-6,8-9,15H,2-4,7,12H2,1H3. The molecule has 0 aromatic carbocycles. The molecule has 16 heavy (non-hydrogen) atoms. The Morgan fingerprint density at radius 3 is 2.81 bits per heavy atom. The molecule has 0 aliphatic heterocycles. The van der Waals surface area contributed by atoms with Gasteiger partial charge in [0, 0.05) is 12.4 Å². The molecule has 0 amide bonds. The second kappa shape index (κ2) is 5.23. The van der Waals surface area contributed by atoms with Gasteiger partial charge in [0.05, 0.1) is 13.2 Å². The van der Waals surface area contributed by atoms with Crippen LogP contribution in [0.5, 0.6) is 5.88 Å². The molecule has 1 saturated carbocycles. The molecule has 2 rings (SSSR count). The van der Waals surface area contributed by atoms with E-state index in [2.05, 4.69) is 15.4 Å². The lowest BCUT2D eigenvalue weighted by Crippen LogP contribution is -2.32. The van der Waals surface area contributed by atoms with Crippen LogP contribution in [0.4, 0.5) is 0 Å². The SMILES string of the molecule is COc1nccnc1C(CC1CCC1)NN. The van der Waals surface area contributed by atoms with Gasteiger partial charge in [0.1, 0.15) is 5.69 Å². The van der Waals surface area contributed by atoms with Crippen molar-refractivity contribution in [3.63, 3.8) is 0 Å². The summed E-state index contributed by atoms with van der Waals surface area (Å²) in [5.74, 6) is 6.90. The zero-order valence-electron chi connectivity index (χ0n) is 9.52. The van der Waals surface area contributed by atoms with Gasteiger partial charge in [0.25, 0.3) is 0 Å². The van der Waals surface area contributed by atoms with Crippen LogP contribution in [0, 0.1) is 5.92 Å². The number of rotatable bonds is 5. The lowest BCUT2D eigenvalue weighted by atomic mass is 9.80. The van der Waals surface area contributed by atoms with Crippen LogP contribution in [-0.4, -0.2) is 17.1 Å². The maximum atomic E-state index is 5.58. The first-order valence-corrected chi connectivity index (χ1v) is 5.66. The third-order valence-electron chi connectivity index (χ3n) is 3.21. The highest BCUT2D eigenvalue weighted by Gasteiger charge is 2.25. The molecule has 0 bridgehead atoms. The molecule has 1 unspecified atom stereocenters. The Morgan fingerprint density at radius 1 is 1.50 bits per heavy atom. The summed E-state index contributed by atoms with van der Waals surface area (Å²) < 4.78 is 5.19. The fourth-order valence-electron chi connectivity index (χ4n) is 2.05. The Balaban J connectivity index is 2.11. The smallest absolute Gasteiger partial charge is 0.237 e. The molecular formula is C11H18N4O. The first-order valence-electron chi connectivity index (χ1n) is 5.66. The topological polar surface area (TPSA) is 73.1 Å². The van der Waals surface area contributed by atoms with Gasteiger partial charge in [-0.3, -0.25) is 16.3 Å². The molecule has 1 aromatic heterocycles. The molecule has 0 saturated heterocycles. The van der Waals surface area contributed by atoms with Crippen LogP contribution in [0.3, 0.4) is 0 Å². The normalized spacial score (nSPS) is 17.9. The predicted octanol–water partition coefficient (Wildman–Crippen LogP) is 1.18. The third-order valence-corrected chi connectivity index (χ3v) is 3.21. The molecule has 1 aliphatic carbocycles. The van der Waals surface area contributed by atoms with Crippen LogP contribution < -0.4 is 16.0 Å². The molecule has 1 aromatic rings. The van der Waals surface area contributed by atoms with Crippen molar-refractivity contribution in [3.05, 3.63) is 18.1 Å².